The lowest BCUT2D eigenvalue weighted by Crippen LogP contribution is -2.53. The molecule has 2 saturated heterocycles. The maximum absolute atomic E-state index is 4.48. The van der Waals surface area contributed by atoms with Crippen molar-refractivity contribution in [3.05, 3.63) is 54.5 Å². The molecule has 0 spiro atoms. The molecule has 120 valence electrons. The van der Waals surface area contributed by atoms with Crippen molar-refractivity contribution in [1.29, 1.82) is 0 Å². The fraction of sp³-hybridized carbons (Fsp3) is 0.474. The number of likely N-dealkylation sites (tertiary alicyclic amines) is 1. The van der Waals surface area contributed by atoms with E-state index in [4.69, 9.17) is 0 Å². The van der Waals surface area contributed by atoms with Gasteiger partial charge in [0.15, 0.2) is 0 Å². The molecule has 0 saturated carbocycles. The molecule has 2 aromatic rings. The van der Waals surface area contributed by atoms with Crippen LogP contribution >= 0.6 is 0 Å². The van der Waals surface area contributed by atoms with E-state index in [1.54, 1.807) is 12.4 Å². The highest BCUT2D eigenvalue weighted by molar-refractivity contribution is 5.36. The summed E-state index contributed by atoms with van der Waals surface area (Å²) in [6.45, 7) is 4.54. The first-order chi connectivity index (χ1) is 11.4. The molecule has 0 unspecified atom stereocenters. The summed E-state index contributed by atoms with van der Waals surface area (Å²) in [6, 6.07) is 11.6. The summed E-state index contributed by atoms with van der Waals surface area (Å²) in [7, 11) is 0. The standard InChI is InChI=1S/C19H24N4/c1-2-5-16(6-3-1)14-22-11-4-7-17-15-23(12-8-18(17)22)19-13-20-9-10-21-19/h1-3,5-6,9-10,13,17-18H,4,7-8,11-12,14-15H2/t17-,18-/m1/s1. The second kappa shape index (κ2) is 6.67. The Morgan fingerprint density at radius 3 is 2.78 bits per heavy atom. The van der Waals surface area contributed by atoms with E-state index in [9.17, 15) is 0 Å². The zero-order valence-corrected chi connectivity index (χ0v) is 13.5. The molecule has 2 aliphatic heterocycles. The van der Waals surface area contributed by atoms with Crippen molar-refractivity contribution in [2.24, 2.45) is 5.92 Å². The average molecular weight is 308 g/mol. The molecule has 0 amide bonds. The summed E-state index contributed by atoms with van der Waals surface area (Å²) in [5.74, 6) is 1.79. The van der Waals surface area contributed by atoms with Gasteiger partial charge in [0.2, 0.25) is 0 Å². The normalized spacial score (nSPS) is 25.1. The quantitative estimate of drug-likeness (QED) is 0.872. The van der Waals surface area contributed by atoms with Gasteiger partial charge in [-0.15, -0.1) is 0 Å². The highest BCUT2D eigenvalue weighted by Gasteiger charge is 2.36. The van der Waals surface area contributed by atoms with Crippen LogP contribution in [0.1, 0.15) is 24.8 Å². The molecular weight excluding hydrogens is 284 g/mol. The van der Waals surface area contributed by atoms with Gasteiger partial charge in [-0.2, -0.15) is 0 Å². The van der Waals surface area contributed by atoms with E-state index in [-0.39, 0.29) is 0 Å². The molecular formula is C19H24N4. The van der Waals surface area contributed by atoms with Gasteiger partial charge in [-0.1, -0.05) is 30.3 Å². The Labute approximate surface area is 138 Å². The van der Waals surface area contributed by atoms with E-state index >= 15 is 0 Å². The smallest absolute Gasteiger partial charge is 0.147 e. The molecule has 23 heavy (non-hydrogen) atoms. The zero-order chi connectivity index (χ0) is 15.5. The predicted octanol–water partition coefficient (Wildman–Crippen LogP) is 2.97. The van der Waals surface area contributed by atoms with E-state index in [1.807, 2.05) is 6.20 Å². The molecule has 4 nitrogen and oxygen atoms in total. The van der Waals surface area contributed by atoms with Crippen molar-refractivity contribution < 1.29 is 0 Å². The van der Waals surface area contributed by atoms with Crippen molar-refractivity contribution in [2.75, 3.05) is 24.5 Å². The molecule has 4 heteroatoms. The number of fused-ring (bicyclic) bond motifs is 1. The van der Waals surface area contributed by atoms with Crippen LogP contribution in [0.25, 0.3) is 0 Å². The second-order valence-electron chi connectivity index (χ2n) is 6.72. The van der Waals surface area contributed by atoms with Gasteiger partial charge in [0, 0.05) is 38.1 Å². The number of aromatic nitrogens is 2. The van der Waals surface area contributed by atoms with Crippen LogP contribution < -0.4 is 4.90 Å². The first kappa shape index (κ1) is 14.6. The van der Waals surface area contributed by atoms with Gasteiger partial charge in [-0.3, -0.25) is 9.88 Å². The summed E-state index contributed by atoms with van der Waals surface area (Å²) in [5, 5.41) is 0. The van der Waals surface area contributed by atoms with Crippen LogP contribution in [0.2, 0.25) is 0 Å². The number of piperidine rings is 2. The molecule has 4 rings (SSSR count). The SMILES string of the molecule is c1ccc(CN2CCC[C@@H]3CN(c4cnccn4)CC[C@H]32)cc1. The number of hydrogen-bond donors (Lipinski definition) is 0. The monoisotopic (exact) mass is 308 g/mol. The lowest BCUT2D eigenvalue weighted by atomic mass is 9.83. The van der Waals surface area contributed by atoms with Crippen LogP contribution in [0.15, 0.2) is 48.9 Å². The molecule has 2 aliphatic rings. The van der Waals surface area contributed by atoms with E-state index in [1.165, 1.54) is 31.4 Å². The minimum Gasteiger partial charge on any atom is -0.355 e. The summed E-state index contributed by atoms with van der Waals surface area (Å²) in [5.41, 5.74) is 1.43. The highest BCUT2D eigenvalue weighted by atomic mass is 15.2. The average Bonchev–Trinajstić information content (AvgIpc) is 2.63. The van der Waals surface area contributed by atoms with E-state index in [2.05, 4.69) is 50.1 Å². The van der Waals surface area contributed by atoms with E-state index < -0.39 is 0 Å². The van der Waals surface area contributed by atoms with E-state index in [0.717, 1.165) is 37.4 Å². The molecule has 3 heterocycles. The van der Waals surface area contributed by atoms with Gasteiger partial charge in [-0.25, -0.2) is 4.98 Å². The minimum absolute atomic E-state index is 0.719. The van der Waals surface area contributed by atoms with Crippen LogP contribution in [0.3, 0.4) is 0 Å². The van der Waals surface area contributed by atoms with Crippen molar-refractivity contribution in [3.63, 3.8) is 0 Å². The number of rotatable bonds is 3. The Balaban J connectivity index is 1.44. The first-order valence-corrected chi connectivity index (χ1v) is 8.69. The molecule has 0 aliphatic carbocycles. The van der Waals surface area contributed by atoms with Crippen LogP contribution in [0, 0.1) is 5.92 Å². The summed E-state index contributed by atoms with van der Waals surface area (Å²) in [6.07, 6.45) is 9.32. The Morgan fingerprint density at radius 1 is 1.04 bits per heavy atom. The fourth-order valence-electron chi connectivity index (χ4n) is 4.18. The number of benzene rings is 1. The summed E-state index contributed by atoms with van der Waals surface area (Å²) >= 11 is 0. The fourth-order valence-corrected chi connectivity index (χ4v) is 4.18. The number of anilines is 1. The van der Waals surface area contributed by atoms with Gasteiger partial charge in [0.05, 0.1) is 6.20 Å². The second-order valence-corrected chi connectivity index (χ2v) is 6.72. The molecule has 0 radical (unpaired) electrons. The summed E-state index contributed by atoms with van der Waals surface area (Å²) < 4.78 is 0. The van der Waals surface area contributed by atoms with Gasteiger partial charge in [0.25, 0.3) is 0 Å². The molecule has 0 bridgehead atoms. The minimum atomic E-state index is 0.719. The third-order valence-corrected chi connectivity index (χ3v) is 5.29. The topological polar surface area (TPSA) is 32.3 Å². The number of hydrogen-bond acceptors (Lipinski definition) is 4. The molecule has 1 aromatic heterocycles. The summed E-state index contributed by atoms with van der Waals surface area (Å²) in [4.78, 5) is 13.8. The predicted molar refractivity (Wildman–Crippen MR) is 92.2 cm³/mol. The van der Waals surface area contributed by atoms with Crippen LogP contribution in [0.4, 0.5) is 5.82 Å². The van der Waals surface area contributed by atoms with Crippen LogP contribution in [0.5, 0.6) is 0 Å². The van der Waals surface area contributed by atoms with E-state index in [0.29, 0.717) is 0 Å². The third-order valence-electron chi connectivity index (χ3n) is 5.29. The van der Waals surface area contributed by atoms with Crippen molar-refractivity contribution in [2.45, 2.75) is 31.8 Å². The highest BCUT2D eigenvalue weighted by Crippen LogP contribution is 2.32. The maximum Gasteiger partial charge on any atom is 0.147 e. The van der Waals surface area contributed by atoms with Gasteiger partial charge in [0.1, 0.15) is 5.82 Å². The Bertz CT molecular complexity index is 616. The van der Waals surface area contributed by atoms with Crippen molar-refractivity contribution in [1.82, 2.24) is 14.9 Å². The maximum atomic E-state index is 4.48. The lowest BCUT2D eigenvalue weighted by molar-refractivity contribution is 0.0700. The van der Waals surface area contributed by atoms with Crippen molar-refractivity contribution in [3.8, 4) is 0 Å². The first-order valence-electron chi connectivity index (χ1n) is 8.69. The Kier molecular flexibility index (Phi) is 4.24. The van der Waals surface area contributed by atoms with Gasteiger partial charge in [-0.05, 0) is 37.3 Å². The van der Waals surface area contributed by atoms with Crippen LogP contribution in [-0.4, -0.2) is 40.5 Å². The molecule has 1 aromatic carbocycles. The lowest BCUT2D eigenvalue weighted by Gasteiger charge is -2.47. The third kappa shape index (κ3) is 3.22. The molecule has 0 N–H and O–H groups in total. The Morgan fingerprint density at radius 2 is 1.96 bits per heavy atom. The van der Waals surface area contributed by atoms with Gasteiger partial charge < -0.3 is 4.90 Å². The Hall–Kier alpha value is -1.94. The van der Waals surface area contributed by atoms with Crippen LogP contribution in [-0.2, 0) is 6.54 Å². The molecule has 2 atom stereocenters. The largest absolute Gasteiger partial charge is 0.355 e. The van der Waals surface area contributed by atoms with Crippen molar-refractivity contribution >= 4 is 5.82 Å². The zero-order valence-electron chi connectivity index (χ0n) is 13.5. The number of nitrogens with zero attached hydrogens (tertiary/aromatic N) is 4. The van der Waals surface area contributed by atoms with Gasteiger partial charge >= 0.3 is 0 Å². The molecule has 2 fully saturated rings.